The molecule has 0 aliphatic heterocycles. The summed E-state index contributed by atoms with van der Waals surface area (Å²) in [6, 6.07) is 14.1. The Bertz CT molecular complexity index is 700. The van der Waals surface area contributed by atoms with Crippen molar-refractivity contribution in [3.8, 4) is 5.75 Å². The quantitative estimate of drug-likeness (QED) is 0.571. The number of benzene rings is 2. The van der Waals surface area contributed by atoms with Crippen LogP contribution in [0, 0.1) is 0 Å². The minimum absolute atomic E-state index is 0.0985. The van der Waals surface area contributed by atoms with Gasteiger partial charge in [0, 0.05) is 16.6 Å². The number of rotatable bonds is 7. The third-order valence-electron chi connectivity index (χ3n) is 3.20. The van der Waals surface area contributed by atoms with Gasteiger partial charge in [-0.1, -0.05) is 22.0 Å². The number of ether oxygens (including phenoxy) is 2. The average molecular weight is 392 g/mol. The molecular weight excluding hydrogens is 374 g/mol. The van der Waals surface area contributed by atoms with E-state index in [1.54, 1.807) is 24.3 Å². The van der Waals surface area contributed by atoms with Crippen molar-refractivity contribution in [3.05, 3.63) is 58.6 Å². The molecule has 0 heterocycles. The maximum Gasteiger partial charge on any atom is 0.337 e. The van der Waals surface area contributed by atoms with E-state index in [1.165, 1.54) is 7.11 Å². The number of anilines is 1. The first-order valence-corrected chi connectivity index (χ1v) is 8.24. The van der Waals surface area contributed by atoms with Crippen LogP contribution in [0.25, 0.3) is 0 Å². The van der Waals surface area contributed by atoms with Gasteiger partial charge in [0.15, 0.2) is 0 Å². The summed E-state index contributed by atoms with van der Waals surface area (Å²) >= 11 is 3.38. The summed E-state index contributed by atoms with van der Waals surface area (Å²) in [5.74, 6) is 0.263. The molecule has 0 spiro atoms. The fourth-order valence-electron chi connectivity index (χ4n) is 2.01. The minimum Gasteiger partial charge on any atom is -0.494 e. The zero-order valence-electron chi connectivity index (χ0n) is 13.3. The highest BCUT2D eigenvalue weighted by molar-refractivity contribution is 9.10. The third kappa shape index (κ3) is 5.70. The summed E-state index contributed by atoms with van der Waals surface area (Å²) in [5.41, 5.74) is 1.08. The average Bonchev–Trinajstić information content (AvgIpc) is 2.59. The molecule has 24 heavy (non-hydrogen) atoms. The van der Waals surface area contributed by atoms with Crippen molar-refractivity contribution in [1.82, 2.24) is 0 Å². The van der Waals surface area contributed by atoms with E-state index in [9.17, 15) is 9.59 Å². The van der Waals surface area contributed by atoms with Gasteiger partial charge in [-0.2, -0.15) is 0 Å². The maximum absolute atomic E-state index is 11.9. The first-order chi connectivity index (χ1) is 11.6. The van der Waals surface area contributed by atoms with Gasteiger partial charge in [-0.05, 0) is 48.9 Å². The normalized spacial score (nSPS) is 10.1. The van der Waals surface area contributed by atoms with Crippen molar-refractivity contribution < 1.29 is 19.1 Å². The second-order valence-electron chi connectivity index (χ2n) is 5.03. The van der Waals surface area contributed by atoms with Crippen molar-refractivity contribution >= 4 is 33.5 Å². The fraction of sp³-hybridized carbons (Fsp3) is 0.222. The molecule has 2 aromatic rings. The number of amides is 1. The lowest BCUT2D eigenvalue weighted by molar-refractivity contribution is -0.116. The molecule has 0 aliphatic carbocycles. The number of carbonyl (C=O) groups is 2. The molecule has 0 saturated heterocycles. The second kappa shape index (κ2) is 9.08. The molecular formula is C18H18BrNO4. The van der Waals surface area contributed by atoms with Crippen molar-refractivity contribution in [3.63, 3.8) is 0 Å². The van der Waals surface area contributed by atoms with E-state index >= 15 is 0 Å². The summed E-state index contributed by atoms with van der Waals surface area (Å²) in [4.78, 5) is 23.2. The van der Waals surface area contributed by atoms with Gasteiger partial charge in [-0.25, -0.2) is 4.79 Å². The molecule has 0 bridgehead atoms. The molecule has 126 valence electrons. The van der Waals surface area contributed by atoms with Crippen molar-refractivity contribution in [2.24, 2.45) is 0 Å². The van der Waals surface area contributed by atoms with Crippen molar-refractivity contribution in [2.75, 3.05) is 19.0 Å². The van der Waals surface area contributed by atoms with E-state index in [2.05, 4.69) is 26.0 Å². The Morgan fingerprint density at radius 2 is 1.88 bits per heavy atom. The highest BCUT2D eigenvalue weighted by Gasteiger charge is 2.06. The Hall–Kier alpha value is -2.34. The topological polar surface area (TPSA) is 64.6 Å². The molecule has 0 fully saturated rings. The summed E-state index contributed by atoms with van der Waals surface area (Å²) in [6.07, 6.45) is 0.964. The Kier molecular flexibility index (Phi) is 6.81. The Morgan fingerprint density at radius 3 is 2.54 bits per heavy atom. The first-order valence-electron chi connectivity index (χ1n) is 7.45. The molecule has 0 saturated carbocycles. The molecule has 6 heteroatoms. The Labute approximate surface area is 149 Å². The zero-order valence-corrected chi connectivity index (χ0v) is 14.8. The van der Waals surface area contributed by atoms with Crippen LogP contribution in [-0.4, -0.2) is 25.6 Å². The van der Waals surface area contributed by atoms with E-state index in [1.807, 2.05) is 24.3 Å². The Morgan fingerprint density at radius 1 is 1.12 bits per heavy atom. The van der Waals surface area contributed by atoms with Crippen LogP contribution >= 0.6 is 15.9 Å². The molecule has 2 rings (SSSR count). The third-order valence-corrected chi connectivity index (χ3v) is 3.70. The van der Waals surface area contributed by atoms with Gasteiger partial charge in [-0.15, -0.1) is 0 Å². The van der Waals surface area contributed by atoms with Crippen molar-refractivity contribution in [2.45, 2.75) is 12.8 Å². The lowest BCUT2D eigenvalue weighted by Crippen LogP contribution is -2.13. The molecule has 1 N–H and O–H groups in total. The van der Waals surface area contributed by atoms with Crippen LogP contribution in [-0.2, 0) is 9.53 Å². The number of methoxy groups -OCH3 is 1. The first kappa shape index (κ1) is 18.0. The fourth-order valence-corrected chi connectivity index (χ4v) is 2.39. The smallest absolute Gasteiger partial charge is 0.337 e. The standard InChI is InChI=1S/C18H18BrNO4/c1-23-18(22)13-7-9-15(10-8-13)20-17(21)6-3-11-24-16-5-2-4-14(19)12-16/h2,4-5,7-10,12H,3,6,11H2,1H3,(H,20,21). The SMILES string of the molecule is COC(=O)c1ccc(NC(=O)CCCOc2cccc(Br)c2)cc1. The molecule has 2 aromatic carbocycles. The van der Waals surface area contributed by atoms with Gasteiger partial charge in [0.05, 0.1) is 19.3 Å². The molecule has 0 radical (unpaired) electrons. The molecule has 0 unspecified atom stereocenters. The Balaban J connectivity index is 1.72. The number of hydrogen-bond acceptors (Lipinski definition) is 4. The summed E-state index contributed by atoms with van der Waals surface area (Å²) in [6.45, 7) is 0.463. The van der Waals surface area contributed by atoms with Gasteiger partial charge in [0.2, 0.25) is 5.91 Å². The maximum atomic E-state index is 11.9. The second-order valence-corrected chi connectivity index (χ2v) is 5.94. The molecule has 0 atom stereocenters. The largest absolute Gasteiger partial charge is 0.494 e. The number of hydrogen-bond donors (Lipinski definition) is 1. The zero-order chi connectivity index (χ0) is 17.4. The van der Waals surface area contributed by atoms with Crippen LogP contribution in [0.1, 0.15) is 23.2 Å². The van der Waals surface area contributed by atoms with E-state index in [0.29, 0.717) is 30.7 Å². The van der Waals surface area contributed by atoms with Gasteiger partial charge in [-0.3, -0.25) is 4.79 Å². The lowest BCUT2D eigenvalue weighted by Gasteiger charge is -2.08. The summed E-state index contributed by atoms with van der Waals surface area (Å²) in [7, 11) is 1.33. The van der Waals surface area contributed by atoms with E-state index in [4.69, 9.17) is 4.74 Å². The van der Waals surface area contributed by atoms with E-state index in [0.717, 1.165) is 10.2 Å². The number of carbonyl (C=O) groups excluding carboxylic acids is 2. The van der Waals surface area contributed by atoms with Gasteiger partial charge < -0.3 is 14.8 Å². The minimum atomic E-state index is -0.405. The van der Waals surface area contributed by atoms with Crippen LogP contribution in [0.3, 0.4) is 0 Å². The van der Waals surface area contributed by atoms with E-state index < -0.39 is 5.97 Å². The van der Waals surface area contributed by atoms with Crippen LogP contribution < -0.4 is 10.1 Å². The highest BCUT2D eigenvalue weighted by atomic mass is 79.9. The van der Waals surface area contributed by atoms with Crippen LogP contribution in [0.15, 0.2) is 53.0 Å². The highest BCUT2D eigenvalue weighted by Crippen LogP contribution is 2.18. The van der Waals surface area contributed by atoms with Gasteiger partial charge >= 0.3 is 5.97 Å². The van der Waals surface area contributed by atoms with Crippen molar-refractivity contribution in [1.29, 1.82) is 0 Å². The number of halogens is 1. The molecule has 0 aliphatic rings. The number of nitrogens with one attached hydrogen (secondary N) is 1. The van der Waals surface area contributed by atoms with Crippen LogP contribution in [0.4, 0.5) is 5.69 Å². The predicted octanol–water partition coefficient (Wildman–Crippen LogP) is 4.03. The predicted molar refractivity (Wildman–Crippen MR) is 95.3 cm³/mol. The van der Waals surface area contributed by atoms with Gasteiger partial charge in [0.1, 0.15) is 5.75 Å². The number of esters is 1. The van der Waals surface area contributed by atoms with Crippen LogP contribution in [0.5, 0.6) is 5.75 Å². The summed E-state index contributed by atoms with van der Waals surface area (Å²) in [5, 5.41) is 2.78. The monoisotopic (exact) mass is 391 g/mol. The van der Waals surface area contributed by atoms with Crippen LogP contribution in [0.2, 0.25) is 0 Å². The summed E-state index contributed by atoms with van der Waals surface area (Å²) < 4.78 is 11.2. The lowest BCUT2D eigenvalue weighted by atomic mass is 10.2. The van der Waals surface area contributed by atoms with E-state index in [-0.39, 0.29) is 5.91 Å². The molecule has 0 aromatic heterocycles. The molecule has 1 amide bonds. The van der Waals surface area contributed by atoms with Gasteiger partial charge in [0.25, 0.3) is 0 Å². The molecule has 5 nitrogen and oxygen atoms in total.